The van der Waals surface area contributed by atoms with Crippen molar-refractivity contribution in [2.75, 3.05) is 26.2 Å². The summed E-state index contributed by atoms with van der Waals surface area (Å²) in [5, 5.41) is 0. The molecule has 1 aromatic carbocycles. The summed E-state index contributed by atoms with van der Waals surface area (Å²) in [6.07, 6.45) is 3.96. The Bertz CT molecular complexity index is 692. The van der Waals surface area contributed by atoms with Crippen LogP contribution in [0.3, 0.4) is 0 Å². The van der Waals surface area contributed by atoms with Crippen molar-refractivity contribution in [1.82, 2.24) is 9.80 Å². The third kappa shape index (κ3) is 3.02. The first-order valence-electron chi connectivity index (χ1n) is 9.87. The summed E-state index contributed by atoms with van der Waals surface area (Å²) in [4.78, 5) is 30.0. The van der Waals surface area contributed by atoms with Gasteiger partial charge in [0.05, 0.1) is 5.41 Å². The monoisotopic (exact) mass is 355 g/mol. The minimum atomic E-state index is -0.481. The van der Waals surface area contributed by atoms with Gasteiger partial charge in [-0.05, 0) is 56.6 Å². The Kier molecular flexibility index (Phi) is 4.51. The molecule has 3 aliphatic rings. The molecule has 1 saturated carbocycles. The number of carbonyl (C=O) groups excluding carboxylic acids is 2. The summed E-state index contributed by atoms with van der Waals surface area (Å²) < 4.78 is 0. The normalized spacial score (nSPS) is 34.0. The summed E-state index contributed by atoms with van der Waals surface area (Å²) in [7, 11) is 0. The molecule has 26 heavy (non-hydrogen) atoms. The molecule has 4 rings (SSSR count). The fourth-order valence-electron chi connectivity index (χ4n) is 5.21. The van der Waals surface area contributed by atoms with Crippen LogP contribution in [0.5, 0.6) is 0 Å². The Hall–Kier alpha value is -1.88. The van der Waals surface area contributed by atoms with Gasteiger partial charge in [-0.15, -0.1) is 0 Å². The number of hydrogen-bond donors (Lipinski definition) is 1. The number of hydrogen-bond acceptors (Lipinski definition) is 3. The summed E-state index contributed by atoms with van der Waals surface area (Å²) in [5.74, 6) is 1.28. The second-order valence-electron chi connectivity index (χ2n) is 8.63. The molecule has 0 bridgehead atoms. The predicted octanol–water partition coefficient (Wildman–Crippen LogP) is 2.12. The van der Waals surface area contributed by atoms with Crippen molar-refractivity contribution in [2.45, 2.75) is 38.6 Å². The zero-order valence-corrected chi connectivity index (χ0v) is 15.6. The van der Waals surface area contributed by atoms with E-state index in [1.807, 2.05) is 47.1 Å². The van der Waals surface area contributed by atoms with E-state index in [0.29, 0.717) is 23.9 Å². The van der Waals surface area contributed by atoms with Gasteiger partial charge in [0.15, 0.2) is 0 Å². The average molecular weight is 355 g/mol. The van der Waals surface area contributed by atoms with E-state index < -0.39 is 5.41 Å². The SMILES string of the molecule is CC1(C(=O)N2CC3CCC(N)C3C2)CCCN(C(=O)c2ccccc2)C1. The highest BCUT2D eigenvalue weighted by molar-refractivity contribution is 5.95. The van der Waals surface area contributed by atoms with Gasteiger partial charge >= 0.3 is 0 Å². The maximum Gasteiger partial charge on any atom is 0.253 e. The van der Waals surface area contributed by atoms with Gasteiger partial charge in [-0.3, -0.25) is 9.59 Å². The molecule has 2 amide bonds. The van der Waals surface area contributed by atoms with Crippen LogP contribution in [0.4, 0.5) is 0 Å². The third-order valence-electron chi connectivity index (χ3n) is 6.72. The zero-order chi connectivity index (χ0) is 18.3. The smallest absolute Gasteiger partial charge is 0.253 e. The Balaban J connectivity index is 1.46. The van der Waals surface area contributed by atoms with Crippen LogP contribution in [0.2, 0.25) is 0 Å². The molecule has 1 aliphatic carbocycles. The van der Waals surface area contributed by atoms with Crippen molar-refractivity contribution in [2.24, 2.45) is 23.0 Å². The van der Waals surface area contributed by atoms with Crippen molar-refractivity contribution < 1.29 is 9.59 Å². The molecule has 2 heterocycles. The number of piperidine rings is 1. The van der Waals surface area contributed by atoms with E-state index in [9.17, 15) is 9.59 Å². The van der Waals surface area contributed by atoms with Gasteiger partial charge in [-0.1, -0.05) is 18.2 Å². The third-order valence-corrected chi connectivity index (χ3v) is 6.72. The molecule has 2 N–H and O–H groups in total. The second-order valence-corrected chi connectivity index (χ2v) is 8.63. The first kappa shape index (κ1) is 17.5. The molecule has 2 saturated heterocycles. The fraction of sp³-hybridized carbons (Fsp3) is 0.619. The van der Waals surface area contributed by atoms with Gasteiger partial charge in [0.2, 0.25) is 5.91 Å². The molecular weight excluding hydrogens is 326 g/mol. The van der Waals surface area contributed by atoms with E-state index in [2.05, 4.69) is 0 Å². The summed E-state index contributed by atoms with van der Waals surface area (Å²) >= 11 is 0. The lowest BCUT2D eigenvalue weighted by atomic mass is 9.80. The minimum Gasteiger partial charge on any atom is -0.342 e. The van der Waals surface area contributed by atoms with Gasteiger partial charge in [-0.25, -0.2) is 0 Å². The van der Waals surface area contributed by atoms with Crippen molar-refractivity contribution >= 4 is 11.8 Å². The average Bonchev–Trinajstić information content (AvgIpc) is 3.23. The minimum absolute atomic E-state index is 0.0321. The number of rotatable bonds is 2. The first-order chi connectivity index (χ1) is 12.5. The van der Waals surface area contributed by atoms with Gasteiger partial charge < -0.3 is 15.5 Å². The van der Waals surface area contributed by atoms with Crippen molar-refractivity contribution in [3.05, 3.63) is 35.9 Å². The van der Waals surface area contributed by atoms with Crippen LogP contribution >= 0.6 is 0 Å². The number of nitrogens with two attached hydrogens (primary N) is 1. The maximum absolute atomic E-state index is 13.3. The van der Waals surface area contributed by atoms with Crippen LogP contribution in [0, 0.1) is 17.3 Å². The maximum atomic E-state index is 13.3. The molecule has 0 aromatic heterocycles. The van der Waals surface area contributed by atoms with Gasteiger partial charge in [0.1, 0.15) is 0 Å². The first-order valence-corrected chi connectivity index (χ1v) is 9.87. The van der Waals surface area contributed by atoms with Crippen LogP contribution < -0.4 is 5.73 Å². The lowest BCUT2D eigenvalue weighted by Gasteiger charge is -2.41. The molecule has 5 heteroatoms. The lowest BCUT2D eigenvalue weighted by Crippen LogP contribution is -2.53. The van der Waals surface area contributed by atoms with Crippen LogP contribution in [0.15, 0.2) is 30.3 Å². The summed E-state index contributed by atoms with van der Waals surface area (Å²) in [6.45, 7) is 4.92. The molecule has 2 aliphatic heterocycles. The molecule has 5 nitrogen and oxygen atoms in total. The largest absolute Gasteiger partial charge is 0.342 e. The highest BCUT2D eigenvalue weighted by Gasteiger charge is 2.48. The van der Waals surface area contributed by atoms with Crippen LogP contribution in [0.25, 0.3) is 0 Å². The second kappa shape index (κ2) is 6.69. The molecule has 3 fully saturated rings. The van der Waals surface area contributed by atoms with E-state index >= 15 is 0 Å². The van der Waals surface area contributed by atoms with E-state index in [0.717, 1.165) is 45.3 Å². The van der Waals surface area contributed by atoms with Gasteiger partial charge in [0.25, 0.3) is 5.91 Å². The van der Waals surface area contributed by atoms with E-state index in [1.54, 1.807) is 0 Å². The highest BCUT2D eigenvalue weighted by Crippen LogP contribution is 2.40. The molecular formula is C21H29N3O2. The van der Waals surface area contributed by atoms with Crippen LogP contribution in [0.1, 0.15) is 43.0 Å². The number of amides is 2. The molecule has 0 radical (unpaired) electrons. The molecule has 140 valence electrons. The Morgan fingerprint density at radius 1 is 1.12 bits per heavy atom. The lowest BCUT2D eigenvalue weighted by molar-refractivity contribution is -0.143. The fourth-order valence-corrected chi connectivity index (χ4v) is 5.21. The van der Waals surface area contributed by atoms with E-state index in [-0.39, 0.29) is 17.9 Å². The summed E-state index contributed by atoms with van der Waals surface area (Å²) in [6, 6.07) is 9.61. The number of benzene rings is 1. The topological polar surface area (TPSA) is 66.6 Å². The molecule has 0 spiro atoms. The van der Waals surface area contributed by atoms with Crippen molar-refractivity contribution in [3.63, 3.8) is 0 Å². The number of carbonyl (C=O) groups is 2. The number of likely N-dealkylation sites (tertiary alicyclic amines) is 2. The summed E-state index contributed by atoms with van der Waals surface area (Å²) in [5.41, 5.74) is 6.45. The van der Waals surface area contributed by atoms with Gasteiger partial charge in [0, 0.05) is 37.8 Å². The van der Waals surface area contributed by atoms with E-state index in [1.165, 1.54) is 0 Å². The number of fused-ring (bicyclic) bond motifs is 1. The predicted molar refractivity (Wildman–Crippen MR) is 100 cm³/mol. The molecule has 1 aromatic rings. The Morgan fingerprint density at radius 2 is 1.88 bits per heavy atom. The number of nitrogens with zero attached hydrogens (tertiary/aromatic N) is 2. The van der Waals surface area contributed by atoms with Crippen molar-refractivity contribution in [3.8, 4) is 0 Å². The Labute approximate surface area is 155 Å². The van der Waals surface area contributed by atoms with Crippen LogP contribution in [-0.2, 0) is 4.79 Å². The molecule has 4 unspecified atom stereocenters. The standard InChI is InChI=1S/C21H29N3O2/c1-21(20(26)24-12-16-8-9-18(22)17(16)13-24)10-5-11-23(14-21)19(25)15-6-3-2-4-7-15/h2-4,6-7,16-18H,5,8-14,22H2,1H3. The zero-order valence-electron chi connectivity index (χ0n) is 15.6. The quantitative estimate of drug-likeness (QED) is 0.884. The van der Waals surface area contributed by atoms with E-state index in [4.69, 9.17) is 5.73 Å². The molecule has 4 atom stereocenters. The van der Waals surface area contributed by atoms with Gasteiger partial charge in [-0.2, -0.15) is 0 Å². The highest BCUT2D eigenvalue weighted by atomic mass is 16.2. The van der Waals surface area contributed by atoms with Crippen LogP contribution in [-0.4, -0.2) is 53.8 Å². The van der Waals surface area contributed by atoms with Crippen molar-refractivity contribution in [1.29, 1.82) is 0 Å². The Morgan fingerprint density at radius 3 is 2.62 bits per heavy atom.